The van der Waals surface area contributed by atoms with Crippen LogP contribution in [0.2, 0.25) is 5.02 Å². The Balaban J connectivity index is 2.05. The third-order valence-corrected chi connectivity index (χ3v) is 9.02. The molecule has 0 fully saturated rings. The van der Waals surface area contributed by atoms with Crippen LogP contribution in [0.3, 0.4) is 0 Å². The van der Waals surface area contributed by atoms with Crippen molar-refractivity contribution in [1.29, 1.82) is 0 Å². The van der Waals surface area contributed by atoms with Gasteiger partial charge in [0.05, 0.1) is 17.2 Å². The normalized spacial score (nSPS) is 12.7. The van der Waals surface area contributed by atoms with Crippen molar-refractivity contribution in [2.45, 2.75) is 71.0 Å². The van der Waals surface area contributed by atoms with Gasteiger partial charge in [-0.05, 0) is 87.7 Å². The largest absolute Gasteiger partial charge is 0.494 e. The molecule has 0 bridgehead atoms. The summed E-state index contributed by atoms with van der Waals surface area (Å²) in [5.74, 6) is -0.221. The van der Waals surface area contributed by atoms with Gasteiger partial charge in [0.15, 0.2) is 0 Å². The summed E-state index contributed by atoms with van der Waals surface area (Å²) in [5, 5.41) is 3.52. The molecule has 0 aliphatic rings. The molecule has 8 nitrogen and oxygen atoms in total. The van der Waals surface area contributed by atoms with Gasteiger partial charge in [0.25, 0.3) is 10.0 Å². The van der Waals surface area contributed by atoms with E-state index in [1.807, 2.05) is 34.6 Å². The standard InChI is InChI=1S/C32H40ClN3O5S/c1-6-24(5)34-32(38)30(7-2)35(21-25-11-13-26(33)14-12-25)31(37)22-36(27-15-17-28(18-16-27)41-8-3)42(39,40)29-19-9-23(4)10-20-29/h9-20,24,30H,6-8,21-22H2,1-5H3,(H,34,38)/t24-,30-/m0/s1. The quantitative estimate of drug-likeness (QED) is 0.242. The van der Waals surface area contributed by atoms with Crippen LogP contribution in [0.5, 0.6) is 5.75 Å². The molecule has 0 heterocycles. The van der Waals surface area contributed by atoms with Crippen LogP contribution in [0.25, 0.3) is 0 Å². The van der Waals surface area contributed by atoms with Crippen molar-refractivity contribution in [2.24, 2.45) is 0 Å². The number of amides is 2. The zero-order chi connectivity index (χ0) is 30.9. The topological polar surface area (TPSA) is 96.0 Å². The van der Waals surface area contributed by atoms with Gasteiger partial charge in [0, 0.05) is 17.6 Å². The maximum atomic E-state index is 14.1. The SMILES string of the molecule is CCOc1ccc(N(CC(=O)N(Cc2ccc(Cl)cc2)[C@@H](CC)C(=O)N[C@@H](C)CC)S(=O)(=O)c2ccc(C)cc2)cc1. The first-order valence-corrected chi connectivity index (χ1v) is 16.0. The van der Waals surface area contributed by atoms with Crippen molar-refractivity contribution in [3.8, 4) is 5.75 Å². The number of sulfonamides is 1. The second-order valence-electron chi connectivity index (χ2n) is 10.1. The van der Waals surface area contributed by atoms with E-state index < -0.39 is 28.5 Å². The van der Waals surface area contributed by atoms with E-state index in [0.29, 0.717) is 29.5 Å². The van der Waals surface area contributed by atoms with E-state index in [1.54, 1.807) is 60.7 Å². The minimum absolute atomic E-state index is 0.0561. The van der Waals surface area contributed by atoms with E-state index in [2.05, 4.69) is 5.32 Å². The van der Waals surface area contributed by atoms with Crippen molar-refractivity contribution in [2.75, 3.05) is 17.5 Å². The van der Waals surface area contributed by atoms with Crippen molar-refractivity contribution < 1.29 is 22.7 Å². The van der Waals surface area contributed by atoms with Gasteiger partial charge in [-0.25, -0.2) is 8.42 Å². The highest BCUT2D eigenvalue weighted by Crippen LogP contribution is 2.27. The number of benzene rings is 3. The van der Waals surface area contributed by atoms with Crippen molar-refractivity contribution in [3.63, 3.8) is 0 Å². The average molecular weight is 614 g/mol. The van der Waals surface area contributed by atoms with Gasteiger partial charge in [0.1, 0.15) is 18.3 Å². The van der Waals surface area contributed by atoms with Crippen LogP contribution in [0.4, 0.5) is 5.69 Å². The van der Waals surface area contributed by atoms with Crippen LogP contribution in [0.15, 0.2) is 77.7 Å². The second kappa shape index (κ2) is 15.1. The van der Waals surface area contributed by atoms with Crippen molar-refractivity contribution in [3.05, 3.63) is 88.9 Å². The molecule has 3 aromatic rings. The summed E-state index contributed by atoms with van der Waals surface area (Å²) < 4.78 is 34.6. The molecule has 0 aromatic heterocycles. The summed E-state index contributed by atoms with van der Waals surface area (Å²) >= 11 is 6.08. The Morgan fingerprint density at radius 2 is 1.52 bits per heavy atom. The van der Waals surface area contributed by atoms with Gasteiger partial charge in [-0.1, -0.05) is 55.3 Å². The number of nitrogens with one attached hydrogen (secondary N) is 1. The third kappa shape index (κ3) is 8.49. The number of rotatable bonds is 14. The summed E-state index contributed by atoms with van der Waals surface area (Å²) in [6.07, 6.45) is 1.07. The Labute approximate surface area is 254 Å². The molecular weight excluding hydrogens is 574 g/mol. The number of carbonyl (C=O) groups is 2. The van der Waals surface area contributed by atoms with Gasteiger partial charge in [-0.2, -0.15) is 0 Å². The minimum atomic E-state index is -4.15. The summed E-state index contributed by atoms with van der Waals surface area (Å²) in [6.45, 7) is 9.47. The minimum Gasteiger partial charge on any atom is -0.494 e. The van der Waals surface area contributed by atoms with E-state index in [9.17, 15) is 18.0 Å². The molecule has 3 rings (SSSR count). The highest BCUT2D eigenvalue weighted by atomic mass is 35.5. The van der Waals surface area contributed by atoms with Crippen LogP contribution in [-0.2, 0) is 26.2 Å². The first-order valence-electron chi connectivity index (χ1n) is 14.2. The van der Waals surface area contributed by atoms with Crippen LogP contribution in [-0.4, -0.2) is 50.4 Å². The van der Waals surface area contributed by atoms with Crippen molar-refractivity contribution >= 4 is 39.1 Å². The molecule has 0 aliphatic heterocycles. The van der Waals surface area contributed by atoms with Crippen LogP contribution in [0.1, 0.15) is 51.7 Å². The second-order valence-corrected chi connectivity index (χ2v) is 12.4. The predicted molar refractivity (Wildman–Crippen MR) is 167 cm³/mol. The number of nitrogens with zero attached hydrogens (tertiary/aromatic N) is 2. The molecule has 0 aliphatic carbocycles. The number of carbonyl (C=O) groups excluding carboxylic acids is 2. The highest BCUT2D eigenvalue weighted by Gasteiger charge is 2.34. The van der Waals surface area contributed by atoms with E-state index in [1.165, 1.54) is 17.0 Å². The molecule has 0 radical (unpaired) electrons. The number of hydrogen-bond donors (Lipinski definition) is 1. The number of hydrogen-bond acceptors (Lipinski definition) is 5. The molecule has 3 aromatic carbocycles. The number of halogens is 1. The Kier molecular flexibility index (Phi) is 11.8. The van der Waals surface area contributed by atoms with Crippen LogP contribution < -0.4 is 14.4 Å². The summed E-state index contributed by atoms with van der Waals surface area (Å²) in [6, 6.07) is 19.1. The Hall–Kier alpha value is -3.56. The third-order valence-electron chi connectivity index (χ3n) is 6.98. The Morgan fingerprint density at radius 3 is 2.07 bits per heavy atom. The van der Waals surface area contributed by atoms with Crippen molar-refractivity contribution in [1.82, 2.24) is 10.2 Å². The smallest absolute Gasteiger partial charge is 0.264 e. The lowest BCUT2D eigenvalue weighted by Crippen LogP contribution is -2.53. The van der Waals surface area contributed by atoms with E-state index in [-0.39, 0.29) is 23.4 Å². The molecule has 0 unspecified atom stereocenters. The molecule has 1 N–H and O–H groups in total. The van der Waals surface area contributed by atoms with E-state index in [4.69, 9.17) is 16.3 Å². The number of ether oxygens (including phenoxy) is 1. The molecule has 226 valence electrons. The first-order chi connectivity index (χ1) is 20.0. The molecule has 42 heavy (non-hydrogen) atoms. The fourth-order valence-corrected chi connectivity index (χ4v) is 5.93. The van der Waals surface area contributed by atoms with Gasteiger partial charge < -0.3 is 15.0 Å². The average Bonchev–Trinajstić information content (AvgIpc) is 2.97. The molecule has 0 saturated heterocycles. The fourth-order valence-electron chi connectivity index (χ4n) is 4.39. The molecule has 0 spiro atoms. The number of aryl methyl sites for hydroxylation is 1. The summed E-state index contributed by atoms with van der Waals surface area (Å²) in [7, 11) is -4.15. The highest BCUT2D eigenvalue weighted by molar-refractivity contribution is 7.92. The molecule has 0 saturated carbocycles. The summed E-state index contributed by atoms with van der Waals surface area (Å²) in [4.78, 5) is 29.0. The lowest BCUT2D eigenvalue weighted by Gasteiger charge is -2.33. The Morgan fingerprint density at radius 1 is 0.905 bits per heavy atom. The predicted octanol–water partition coefficient (Wildman–Crippen LogP) is 5.96. The lowest BCUT2D eigenvalue weighted by atomic mass is 10.1. The molecule has 2 atom stereocenters. The van der Waals surface area contributed by atoms with Gasteiger partial charge in [-0.15, -0.1) is 0 Å². The van der Waals surface area contributed by atoms with Crippen LogP contribution >= 0.6 is 11.6 Å². The fraction of sp³-hybridized carbons (Fsp3) is 0.375. The van der Waals surface area contributed by atoms with Crippen LogP contribution in [0, 0.1) is 6.92 Å². The molecule has 10 heteroatoms. The molecular formula is C32H40ClN3O5S. The first kappa shape index (κ1) is 32.9. The van der Waals surface area contributed by atoms with Gasteiger partial charge in [-0.3, -0.25) is 13.9 Å². The van der Waals surface area contributed by atoms with Gasteiger partial charge >= 0.3 is 0 Å². The summed E-state index contributed by atoms with van der Waals surface area (Å²) in [5.41, 5.74) is 1.97. The van der Waals surface area contributed by atoms with E-state index >= 15 is 0 Å². The zero-order valence-electron chi connectivity index (χ0n) is 24.8. The molecule has 2 amide bonds. The van der Waals surface area contributed by atoms with Gasteiger partial charge in [0.2, 0.25) is 11.8 Å². The Bertz CT molecular complexity index is 1430. The maximum Gasteiger partial charge on any atom is 0.264 e. The number of anilines is 1. The monoisotopic (exact) mass is 613 g/mol. The maximum absolute atomic E-state index is 14.1. The lowest BCUT2D eigenvalue weighted by molar-refractivity contribution is -0.140. The van der Waals surface area contributed by atoms with E-state index in [0.717, 1.165) is 21.9 Å². The zero-order valence-corrected chi connectivity index (χ0v) is 26.4.